The first kappa shape index (κ1) is 12.6. The lowest BCUT2D eigenvalue weighted by Crippen LogP contribution is -2.12. The number of aliphatic hydroxyl groups excluding tert-OH is 1. The van der Waals surface area contributed by atoms with Gasteiger partial charge in [-0.3, -0.25) is 4.98 Å². The van der Waals surface area contributed by atoms with E-state index in [9.17, 15) is 5.11 Å². The first-order valence-electron chi connectivity index (χ1n) is 6.05. The molecule has 1 heterocycles. The Morgan fingerprint density at radius 3 is 2.56 bits per heavy atom. The zero-order valence-electron chi connectivity index (χ0n) is 10.7. The van der Waals surface area contributed by atoms with E-state index in [1.807, 2.05) is 12.1 Å². The molecule has 18 heavy (non-hydrogen) atoms. The third-order valence-electron chi connectivity index (χ3n) is 2.79. The number of hydrogen-bond donors (Lipinski definition) is 2. The molecule has 0 amide bonds. The minimum atomic E-state index is -0.542. The SMILES string of the molecule is Cc1cc(C)cc(NCC(O)c2cccnc2)c1. The lowest BCUT2D eigenvalue weighted by atomic mass is 10.1. The molecule has 3 nitrogen and oxygen atoms in total. The van der Waals surface area contributed by atoms with Gasteiger partial charge in [0.2, 0.25) is 0 Å². The standard InChI is InChI=1S/C15H18N2O/c1-11-6-12(2)8-14(7-11)17-10-15(18)13-4-3-5-16-9-13/h3-9,15,17-18H,10H2,1-2H3. The summed E-state index contributed by atoms with van der Waals surface area (Å²) >= 11 is 0. The van der Waals surface area contributed by atoms with Crippen molar-refractivity contribution < 1.29 is 5.11 Å². The molecule has 2 rings (SSSR count). The summed E-state index contributed by atoms with van der Waals surface area (Å²) in [5.74, 6) is 0. The highest BCUT2D eigenvalue weighted by atomic mass is 16.3. The Labute approximate surface area is 108 Å². The van der Waals surface area contributed by atoms with E-state index in [0.717, 1.165) is 11.3 Å². The average Bonchev–Trinajstić information content (AvgIpc) is 2.36. The largest absolute Gasteiger partial charge is 0.387 e. The van der Waals surface area contributed by atoms with E-state index in [-0.39, 0.29) is 0 Å². The van der Waals surface area contributed by atoms with Crippen LogP contribution in [0.3, 0.4) is 0 Å². The molecule has 1 aromatic carbocycles. The number of aromatic nitrogens is 1. The smallest absolute Gasteiger partial charge is 0.0977 e. The van der Waals surface area contributed by atoms with Crippen molar-refractivity contribution in [2.75, 3.05) is 11.9 Å². The fourth-order valence-electron chi connectivity index (χ4n) is 1.98. The molecule has 0 aliphatic rings. The minimum Gasteiger partial charge on any atom is -0.387 e. The zero-order valence-corrected chi connectivity index (χ0v) is 10.7. The van der Waals surface area contributed by atoms with Gasteiger partial charge in [0.15, 0.2) is 0 Å². The molecule has 0 aliphatic carbocycles. The van der Waals surface area contributed by atoms with Crippen molar-refractivity contribution in [3.8, 4) is 0 Å². The molecular formula is C15H18N2O. The Balaban J connectivity index is 1.99. The first-order chi connectivity index (χ1) is 8.65. The highest BCUT2D eigenvalue weighted by Gasteiger charge is 2.06. The predicted molar refractivity (Wildman–Crippen MR) is 73.6 cm³/mol. The van der Waals surface area contributed by atoms with Crippen LogP contribution in [-0.4, -0.2) is 16.6 Å². The summed E-state index contributed by atoms with van der Waals surface area (Å²) in [7, 11) is 0. The molecule has 2 aromatic rings. The quantitative estimate of drug-likeness (QED) is 0.866. The van der Waals surface area contributed by atoms with Crippen LogP contribution in [0.2, 0.25) is 0 Å². The molecule has 1 aromatic heterocycles. The summed E-state index contributed by atoms with van der Waals surface area (Å²) in [4.78, 5) is 4.00. The van der Waals surface area contributed by atoms with Gasteiger partial charge in [0.1, 0.15) is 0 Å². The average molecular weight is 242 g/mol. The maximum Gasteiger partial charge on any atom is 0.0977 e. The second-order valence-corrected chi connectivity index (χ2v) is 4.56. The van der Waals surface area contributed by atoms with Crippen LogP contribution in [0.5, 0.6) is 0 Å². The van der Waals surface area contributed by atoms with E-state index in [1.165, 1.54) is 11.1 Å². The highest BCUT2D eigenvalue weighted by Crippen LogP contribution is 2.16. The van der Waals surface area contributed by atoms with Crippen molar-refractivity contribution in [2.24, 2.45) is 0 Å². The first-order valence-corrected chi connectivity index (χ1v) is 6.05. The summed E-state index contributed by atoms with van der Waals surface area (Å²) in [6.07, 6.45) is 2.85. The van der Waals surface area contributed by atoms with Crippen LogP contribution in [0, 0.1) is 13.8 Å². The monoisotopic (exact) mass is 242 g/mol. The number of aliphatic hydroxyl groups is 1. The lowest BCUT2D eigenvalue weighted by molar-refractivity contribution is 0.191. The van der Waals surface area contributed by atoms with Gasteiger partial charge in [-0.2, -0.15) is 0 Å². The summed E-state index contributed by atoms with van der Waals surface area (Å²) in [6, 6.07) is 9.98. The summed E-state index contributed by atoms with van der Waals surface area (Å²) in [6.45, 7) is 4.61. The van der Waals surface area contributed by atoms with Gasteiger partial charge in [0, 0.05) is 30.2 Å². The number of pyridine rings is 1. The summed E-state index contributed by atoms with van der Waals surface area (Å²) in [5, 5.41) is 13.3. The number of benzene rings is 1. The number of aryl methyl sites for hydroxylation is 2. The minimum absolute atomic E-state index is 0.481. The van der Waals surface area contributed by atoms with Gasteiger partial charge in [0.05, 0.1) is 6.10 Å². The normalized spacial score (nSPS) is 12.2. The molecule has 0 saturated heterocycles. The van der Waals surface area contributed by atoms with E-state index in [4.69, 9.17) is 0 Å². The van der Waals surface area contributed by atoms with E-state index in [2.05, 4.69) is 42.3 Å². The number of nitrogens with one attached hydrogen (secondary N) is 1. The zero-order chi connectivity index (χ0) is 13.0. The van der Waals surface area contributed by atoms with Gasteiger partial charge in [0.25, 0.3) is 0 Å². The van der Waals surface area contributed by atoms with Crippen LogP contribution in [0.4, 0.5) is 5.69 Å². The van der Waals surface area contributed by atoms with Gasteiger partial charge in [-0.25, -0.2) is 0 Å². The molecule has 1 unspecified atom stereocenters. The topological polar surface area (TPSA) is 45.1 Å². The molecule has 2 N–H and O–H groups in total. The Kier molecular flexibility index (Phi) is 3.95. The molecule has 0 aliphatic heterocycles. The molecule has 94 valence electrons. The van der Waals surface area contributed by atoms with E-state index >= 15 is 0 Å². The lowest BCUT2D eigenvalue weighted by Gasteiger charge is -2.13. The van der Waals surface area contributed by atoms with Crippen molar-refractivity contribution in [3.63, 3.8) is 0 Å². The number of anilines is 1. The maximum absolute atomic E-state index is 10.0. The van der Waals surface area contributed by atoms with Gasteiger partial charge in [-0.1, -0.05) is 12.1 Å². The molecule has 0 spiro atoms. The van der Waals surface area contributed by atoms with Crippen molar-refractivity contribution >= 4 is 5.69 Å². The van der Waals surface area contributed by atoms with E-state index in [1.54, 1.807) is 12.4 Å². The summed E-state index contributed by atoms with van der Waals surface area (Å²) < 4.78 is 0. The molecule has 0 bridgehead atoms. The number of hydrogen-bond acceptors (Lipinski definition) is 3. The van der Waals surface area contributed by atoms with Gasteiger partial charge < -0.3 is 10.4 Å². The molecule has 0 saturated carbocycles. The van der Waals surface area contributed by atoms with Crippen molar-refractivity contribution in [1.82, 2.24) is 4.98 Å². The van der Waals surface area contributed by atoms with Crippen molar-refractivity contribution in [3.05, 3.63) is 59.4 Å². The Bertz CT molecular complexity index is 491. The molecule has 0 radical (unpaired) electrons. The van der Waals surface area contributed by atoms with Crippen LogP contribution < -0.4 is 5.32 Å². The van der Waals surface area contributed by atoms with E-state index in [0.29, 0.717) is 6.54 Å². The van der Waals surface area contributed by atoms with Crippen LogP contribution in [0.25, 0.3) is 0 Å². The predicted octanol–water partition coefficient (Wildman–Crippen LogP) is 2.84. The Hall–Kier alpha value is -1.87. The van der Waals surface area contributed by atoms with Crippen LogP contribution in [0.15, 0.2) is 42.7 Å². The second-order valence-electron chi connectivity index (χ2n) is 4.56. The maximum atomic E-state index is 10.0. The van der Waals surface area contributed by atoms with Gasteiger partial charge in [-0.05, 0) is 43.2 Å². The van der Waals surface area contributed by atoms with E-state index < -0.39 is 6.10 Å². The van der Waals surface area contributed by atoms with Gasteiger partial charge >= 0.3 is 0 Å². The van der Waals surface area contributed by atoms with Crippen molar-refractivity contribution in [2.45, 2.75) is 20.0 Å². The third-order valence-corrected chi connectivity index (χ3v) is 2.79. The fourth-order valence-corrected chi connectivity index (χ4v) is 1.98. The third kappa shape index (κ3) is 3.31. The number of rotatable bonds is 4. The Morgan fingerprint density at radius 2 is 1.94 bits per heavy atom. The fraction of sp³-hybridized carbons (Fsp3) is 0.267. The summed E-state index contributed by atoms with van der Waals surface area (Å²) in [5.41, 5.74) is 4.30. The molecule has 3 heteroatoms. The number of nitrogens with zero attached hydrogens (tertiary/aromatic N) is 1. The molecule has 1 atom stereocenters. The van der Waals surface area contributed by atoms with Crippen LogP contribution in [-0.2, 0) is 0 Å². The highest BCUT2D eigenvalue weighted by molar-refractivity contribution is 5.48. The molecule has 0 fully saturated rings. The van der Waals surface area contributed by atoms with Crippen molar-refractivity contribution in [1.29, 1.82) is 0 Å². The Morgan fingerprint density at radius 1 is 1.22 bits per heavy atom. The molecular weight excluding hydrogens is 224 g/mol. The van der Waals surface area contributed by atoms with Crippen LogP contribution >= 0.6 is 0 Å². The van der Waals surface area contributed by atoms with Gasteiger partial charge in [-0.15, -0.1) is 0 Å². The van der Waals surface area contributed by atoms with Crippen LogP contribution in [0.1, 0.15) is 22.8 Å². The second kappa shape index (κ2) is 5.65.